The van der Waals surface area contributed by atoms with Gasteiger partial charge in [-0.1, -0.05) is 6.07 Å². The summed E-state index contributed by atoms with van der Waals surface area (Å²) >= 11 is 0. The Hall–Kier alpha value is -1.68. The second-order valence-electron chi connectivity index (χ2n) is 4.50. The summed E-state index contributed by atoms with van der Waals surface area (Å²) in [5.74, 6) is 0.700. The fraction of sp³-hybridized carbons (Fsp3) is 0.357. The van der Waals surface area contributed by atoms with Crippen molar-refractivity contribution in [1.29, 1.82) is 0 Å². The van der Waals surface area contributed by atoms with Crippen molar-refractivity contribution in [3.8, 4) is 0 Å². The molecule has 1 heterocycles. The van der Waals surface area contributed by atoms with Gasteiger partial charge in [0.1, 0.15) is 11.6 Å². The van der Waals surface area contributed by atoms with Gasteiger partial charge in [-0.15, -0.1) is 0 Å². The molecule has 4 heteroatoms. The second kappa shape index (κ2) is 5.31. The highest BCUT2D eigenvalue weighted by Crippen LogP contribution is 2.18. The molecule has 0 saturated heterocycles. The zero-order chi connectivity index (χ0) is 13.1. The monoisotopic (exact) mass is 247 g/mol. The summed E-state index contributed by atoms with van der Waals surface area (Å²) in [6.45, 7) is 4.79. The highest BCUT2D eigenvalue weighted by molar-refractivity contribution is 5.26. The number of hydrogen-bond acceptors (Lipinski definition) is 2. The number of aromatic nitrogens is 2. The van der Waals surface area contributed by atoms with Crippen LogP contribution in [0.4, 0.5) is 4.39 Å². The Balaban J connectivity index is 2.19. The first-order valence-electron chi connectivity index (χ1n) is 6.13. The minimum Gasteiger partial charge on any atom is -0.335 e. The number of nitrogens with two attached hydrogens (primary N) is 1. The largest absolute Gasteiger partial charge is 0.335 e. The Morgan fingerprint density at radius 1 is 1.39 bits per heavy atom. The predicted octanol–water partition coefficient (Wildman–Crippen LogP) is 2.59. The van der Waals surface area contributed by atoms with Gasteiger partial charge in [0.15, 0.2) is 0 Å². The maximum atomic E-state index is 13.3. The lowest BCUT2D eigenvalue weighted by Gasteiger charge is -2.13. The molecule has 0 aliphatic heterocycles. The third kappa shape index (κ3) is 2.76. The molecule has 18 heavy (non-hydrogen) atoms. The summed E-state index contributed by atoms with van der Waals surface area (Å²) in [7, 11) is 0. The molecule has 0 fully saturated rings. The van der Waals surface area contributed by atoms with Gasteiger partial charge in [0.05, 0.1) is 0 Å². The second-order valence-corrected chi connectivity index (χ2v) is 4.50. The molecule has 1 atom stereocenters. The number of rotatable bonds is 4. The smallest absolute Gasteiger partial charge is 0.123 e. The molecule has 2 aromatic rings. The Bertz CT molecular complexity index is 513. The van der Waals surface area contributed by atoms with Crippen LogP contribution in [0.5, 0.6) is 0 Å². The molecule has 0 aliphatic rings. The predicted molar refractivity (Wildman–Crippen MR) is 69.7 cm³/mol. The summed E-state index contributed by atoms with van der Waals surface area (Å²) in [5.41, 5.74) is 7.83. The highest BCUT2D eigenvalue weighted by atomic mass is 19.1. The minimum atomic E-state index is -0.237. The summed E-state index contributed by atoms with van der Waals surface area (Å²) in [6, 6.07) is 4.69. The van der Waals surface area contributed by atoms with Crippen LogP contribution in [-0.2, 0) is 13.0 Å². The first-order valence-corrected chi connectivity index (χ1v) is 6.13. The lowest BCUT2D eigenvalue weighted by Crippen LogP contribution is -2.16. The van der Waals surface area contributed by atoms with Crippen LogP contribution in [0.25, 0.3) is 0 Å². The van der Waals surface area contributed by atoms with Gasteiger partial charge in [0.25, 0.3) is 0 Å². The van der Waals surface area contributed by atoms with Crippen molar-refractivity contribution in [2.24, 2.45) is 5.73 Å². The first-order chi connectivity index (χ1) is 8.60. The molecule has 2 rings (SSSR count). The van der Waals surface area contributed by atoms with Crippen LogP contribution in [0.15, 0.2) is 30.6 Å². The van der Waals surface area contributed by atoms with Crippen LogP contribution in [0, 0.1) is 12.7 Å². The molecule has 0 amide bonds. The van der Waals surface area contributed by atoms with Gasteiger partial charge in [-0.2, -0.15) is 0 Å². The van der Waals surface area contributed by atoms with Gasteiger partial charge >= 0.3 is 0 Å². The number of halogens is 1. The van der Waals surface area contributed by atoms with E-state index in [2.05, 4.69) is 11.9 Å². The van der Waals surface area contributed by atoms with Crippen LogP contribution >= 0.6 is 0 Å². The molecule has 3 nitrogen and oxygen atoms in total. The molecule has 96 valence electrons. The van der Waals surface area contributed by atoms with Gasteiger partial charge in [0, 0.05) is 31.4 Å². The van der Waals surface area contributed by atoms with Crippen LogP contribution in [0.2, 0.25) is 0 Å². The lowest BCUT2D eigenvalue weighted by molar-refractivity contribution is 0.604. The molecular formula is C14H18FN3. The maximum Gasteiger partial charge on any atom is 0.123 e. The van der Waals surface area contributed by atoms with Crippen molar-refractivity contribution in [3.63, 3.8) is 0 Å². The van der Waals surface area contributed by atoms with Gasteiger partial charge in [0.2, 0.25) is 0 Å². The zero-order valence-electron chi connectivity index (χ0n) is 10.7. The molecule has 0 bridgehead atoms. The van der Waals surface area contributed by atoms with Crippen molar-refractivity contribution in [2.45, 2.75) is 32.9 Å². The number of benzene rings is 1. The molecule has 0 spiro atoms. The van der Waals surface area contributed by atoms with E-state index in [1.165, 1.54) is 12.1 Å². The normalized spacial score (nSPS) is 12.7. The summed E-state index contributed by atoms with van der Waals surface area (Å²) in [4.78, 5) is 4.29. The van der Waals surface area contributed by atoms with E-state index in [-0.39, 0.29) is 11.9 Å². The molecule has 1 aromatic heterocycles. The molecule has 0 radical (unpaired) electrons. The average molecular weight is 247 g/mol. The van der Waals surface area contributed by atoms with Crippen molar-refractivity contribution >= 4 is 0 Å². The first kappa shape index (κ1) is 12.8. The number of imidazole rings is 1. The van der Waals surface area contributed by atoms with Gasteiger partial charge in [-0.3, -0.25) is 0 Å². The number of nitrogens with zero attached hydrogens (tertiary/aromatic N) is 2. The molecule has 0 saturated carbocycles. The van der Waals surface area contributed by atoms with Gasteiger partial charge in [-0.25, -0.2) is 9.37 Å². The van der Waals surface area contributed by atoms with E-state index >= 15 is 0 Å². The SMILES string of the molecule is CCn1ccnc1CC(N)c1cc(C)cc(F)c1. The van der Waals surface area contributed by atoms with E-state index in [0.29, 0.717) is 6.42 Å². The van der Waals surface area contributed by atoms with Crippen LogP contribution < -0.4 is 5.73 Å². The van der Waals surface area contributed by atoms with E-state index in [0.717, 1.165) is 23.5 Å². The van der Waals surface area contributed by atoms with E-state index in [1.807, 2.05) is 23.8 Å². The van der Waals surface area contributed by atoms with E-state index in [9.17, 15) is 4.39 Å². The Morgan fingerprint density at radius 2 is 2.17 bits per heavy atom. The summed E-state index contributed by atoms with van der Waals surface area (Å²) in [6.07, 6.45) is 4.31. The fourth-order valence-electron chi connectivity index (χ4n) is 2.11. The van der Waals surface area contributed by atoms with Gasteiger partial charge < -0.3 is 10.3 Å². The Labute approximate surface area is 106 Å². The minimum absolute atomic E-state index is 0.230. The Morgan fingerprint density at radius 3 is 2.83 bits per heavy atom. The Kier molecular flexibility index (Phi) is 3.77. The third-order valence-electron chi connectivity index (χ3n) is 3.04. The van der Waals surface area contributed by atoms with E-state index in [4.69, 9.17) is 5.73 Å². The van der Waals surface area contributed by atoms with Crippen molar-refractivity contribution < 1.29 is 4.39 Å². The van der Waals surface area contributed by atoms with Crippen LogP contribution in [-0.4, -0.2) is 9.55 Å². The zero-order valence-corrected chi connectivity index (χ0v) is 10.7. The third-order valence-corrected chi connectivity index (χ3v) is 3.04. The number of aryl methyl sites for hydroxylation is 2. The quantitative estimate of drug-likeness (QED) is 0.902. The maximum absolute atomic E-state index is 13.3. The van der Waals surface area contributed by atoms with Crippen molar-refractivity contribution in [2.75, 3.05) is 0 Å². The topological polar surface area (TPSA) is 43.8 Å². The van der Waals surface area contributed by atoms with E-state index < -0.39 is 0 Å². The highest BCUT2D eigenvalue weighted by Gasteiger charge is 2.12. The summed E-state index contributed by atoms with van der Waals surface area (Å²) < 4.78 is 15.4. The summed E-state index contributed by atoms with van der Waals surface area (Å²) in [5, 5.41) is 0. The molecular weight excluding hydrogens is 229 g/mol. The fourth-order valence-corrected chi connectivity index (χ4v) is 2.11. The molecule has 2 N–H and O–H groups in total. The average Bonchev–Trinajstić information content (AvgIpc) is 2.75. The van der Waals surface area contributed by atoms with Crippen LogP contribution in [0.3, 0.4) is 0 Å². The number of hydrogen-bond donors (Lipinski definition) is 1. The van der Waals surface area contributed by atoms with Gasteiger partial charge in [-0.05, 0) is 37.1 Å². The van der Waals surface area contributed by atoms with Crippen LogP contribution in [0.1, 0.15) is 29.9 Å². The molecule has 1 aromatic carbocycles. The molecule has 0 aliphatic carbocycles. The van der Waals surface area contributed by atoms with Crippen molar-refractivity contribution in [1.82, 2.24) is 9.55 Å². The standard InChI is InChI=1S/C14H18FN3/c1-3-18-5-4-17-14(18)9-13(16)11-6-10(2)7-12(15)8-11/h4-8,13H,3,9,16H2,1-2H3. The lowest BCUT2D eigenvalue weighted by atomic mass is 10.0. The van der Waals surface area contributed by atoms with Crippen molar-refractivity contribution in [3.05, 3.63) is 53.4 Å². The molecule has 1 unspecified atom stereocenters. The van der Waals surface area contributed by atoms with E-state index in [1.54, 1.807) is 6.20 Å².